The van der Waals surface area contributed by atoms with Crippen LogP contribution < -0.4 is 14.4 Å². The molecule has 2 amide bonds. The number of anilines is 1. The van der Waals surface area contributed by atoms with Crippen LogP contribution in [-0.4, -0.2) is 30.6 Å². The summed E-state index contributed by atoms with van der Waals surface area (Å²) in [6.45, 7) is -0.331. The SMILES string of the molecule is O=C(COc1ccc(N2C(=O)[C@@H]3[C@H](C2=O)[C@@H]2C=C[C@H]3C3CC32)cc1)c1ccc(OC(F)(F)F)cc1. The van der Waals surface area contributed by atoms with Crippen LogP contribution in [0.15, 0.2) is 60.7 Å². The Morgan fingerprint density at radius 2 is 1.40 bits per heavy atom. The van der Waals surface area contributed by atoms with Crippen molar-refractivity contribution in [2.24, 2.45) is 35.5 Å². The predicted octanol–water partition coefficient (Wildman–Crippen LogP) is 4.40. The van der Waals surface area contributed by atoms with Crippen LogP contribution in [-0.2, 0) is 9.59 Å². The molecule has 0 N–H and O–H groups in total. The smallest absolute Gasteiger partial charge is 0.485 e. The van der Waals surface area contributed by atoms with Gasteiger partial charge in [-0.1, -0.05) is 12.2 Å². The topological polar surface area (TPSA) is 72.9 Å². The molecule has 2 aromatic rings. The van der Waals surface area contributed by atoms with E-state index in [1.54, 1.807) is 24.3 Å². The summed E-state index contributed by atoms with van der Waals surface area (Å²) in [7, 11) is 0. The number of ether oxygens (including phenoxy) is 2. The number of alkyl halides is 3. The van der Waals surface area contributed by atoms with Crippen molar-refractivity contribution in [1.29, 1.82) is 0 Å². The molecule has 3 fully saturated rings. The van der Waals surface area contributed by atoms with E-state index in [1.165, 1.54) is 17.0 Å². The standard InChI is InChI=1S/C26H20F3NO5/c27-26(28,29)35-16-5-1-13(2-6-16)21(31)12-34-15-7-3-14(4-8-15)30-24(32)22-17-9-10-18(20-11-19(17)20)23(22)25(30)33/h1-10,17-20,22-23H,11-12H2/t17-,18+,19?,20?,22-,23+. The zero-order valence-electron chi connectivity index (χ0n) is 18.3. The highest BCUT2D eigenvalue weighted by Gasteiger charge is 2.67. The molecule has 2 unspecified atom stereocenters. The third kappa shape index (κ3) is 3.69. The van der Waals surface area contributed by atoms with Crippen LogP contribution in [0.4, 0.5) is 18.9 Å². The lowest BCUT2D eigenvalue weighted by Crippen LogP contribution is -2.40. The van der Waals surface area contributed by atoms with E-state index in [0.29, 0.717) is 23.3 Å². The Hall–Kier alpha value is -3.62. The van der Waals surface area contributed by atoms with E-state index < -0.39 is 17.9 Å². The van der Waals surface area contributed by atoms with Crippen LogP contribution >= 0.6 is 0 Å². The van der Waals surface area contributed by atoms with Gasteiger partial charge >= 0.3 is 6.36 Å². The van der Waals surface area contributed by atoms with E-state index in [-0.39, 0.29) is 47.7 Å². The van der Waals surface area contributed by atoms with Gasteiger partial charge in [0.15, 0.2) is 12.4 Å². The maximum Gasteiger partial charge on any atom is 0.573 e. The minimum absolute atomic E-state index is 0.147. The number of hydrogen-bond acceptors (Lipinski definition) is 5. The number of benzene rings is 2. The van der Waals surface area contributed by atoms with E-state index in [0.717, 1.165) is 18.6 Å². The van der Waals surface area contributed by atoms with Crippen LogP contribution in [0, 0.1) is 35.5 Å². The number of ketones is 1. The molecular formula is C26H20F3NO5. The van der Waals surface area contributed by atoms with Gasteiger partial charge < -0.3 is 9.47 Å². The summed E-state index contributed by atoms with van der Waals surface area (Å²) >= 11 is 0. The normalized spacial score (nSPS) is 30.2. The number of hydrogen-bond donors (Lipinski definition) is 0. The lowest BCUT2D eigenvalue weighted by atomic mass is 9.63. The molecule has 2 bridgehead atoms. The molecule has 1 saturated heterocycles. The molecule has 180 valence electrons. The second-order valence-corrected chi connectivity index (χ2v) is 9.44. The average molecular weight is 483 g/mol. The fourth-order valence-electron chi connectivity index (χ4n) is 5.98. The first-order chi connectivity index (χ1) is 16.7. The largest absolute Gasteiger partial charge is 0.573 e. The molecule has 7 rings (SSSR count). The van der Waals surface area contributed by atoms with Crippen molar-refractivity contribution >= 4 is 23.3 Å². The van der Waals surface area contributed by atoms with Crippen LogP contribution in [0.2, 0.25) is 0 Å². The highest BCUT2D eigenvalue weighted by atomic mass is 19.4. The molecular weight excluding hydrogens is 463 g/mol. The van der Waals surface area contributed by atoms with Gasteiger partial charge in [-0.2, -0.15) is 0 Å². The number of rotatable bonds is 6. The second kappa shape index (κ2) is 7.69. The lowest BCUT2D eigenvalue weighted by molar-refractivity contribution is -0.274. The second-order valence-electron chi connectivity index (χ2n) is 9.44. The van der Waals surface area contributed by atoms with Crippen molar-refractivity contribution in [3.63, 3.8) is 0 Å². The highest BCUT2D eigenvalue weighted by molar-refractivity contribution is 6.22. The van der Waals surface area contributed by atoms with Crippen molar-refractivity contribution < 1.29 is 37.0 Å². The van der Waals surface area contributed by atoms with Gasteiger partial charge in [0.2, 0.25) is 11.8 Å². The van der Waals surface area contributed by atoms with Gasteiger partial charge in [-0.15, -0.1) is 13.2 Å². The Labute approximate surface area is 198 Å². The number of nitrogens with zero attached hydrogens (tertiary/aromatic N) is 1. The Kier molecular flexibility index (Phi) is 4.81. The van der Waals surface area contributed by atoms with Crippen molar-refractivity contribution in [2.75, 3.05) is 11.5 Å². The quantitative estimate of drug-likeness (QED) is 0.346. The first kappa shape index (κ1) is 21.9. The predicted molar refractivity (Wildman–Crippen MR) is 117 cm³/mol. The number of carbonyl (C=O) groups excluding carboxylic acids is 3. The molecule has 0 radical (unpaired) electrons. The average Bonchev–Trinajstić information content (AvgIpc) is 3.61. The molecule has 2 saturated carbocycles. The molecule has 6 atom stereocenters. The Morgan fingerprint density at radius 1 is 0.857 bits per heavy atom. The number of carbonyl (C=O) groups is 3. The van der Waals surface area contributed by atoms with Crippen molar-refractivity contribution in [3.05, 3.63) is 66.2 Å². The number of Topliss-reactive ketones (excluding diaryl/α,β-unsaturated/α-hetero) is 1. The molecule has 9 heteroatoms. The summed E-state index contributed by atoms with van der Waals surface area (Å²) in [5, 5.41) is 0. The molecule has 2 aromatic carbocycles. The fourth-order valence-corrected chi connectivity index (χ4v) is 5.98. The van der Waals surface area contributed by atoms with E-state index in [1.807, 2.05) is 0 Å². The minimum Gasteiger partial charge on any atom is -0.485 e. The number of amides is 2. The summed E-state index contributed by atoms with van der Waals surface area (Å²) < 4.78 is 46.1. The molecule has 1 aliphatic heterocycles. The summed E-state index contributed by atoms with van der Waals surface area (Å²) in [5.74, 6) is 0.0370. The fraction of sp³-hybridized carbons (Fsp3) is 0.346. The maximum atomic E-state index is 13.2. The van der Waals surface area contributed by atoms with Crippen LogP contribution in [0.25, 0.3) is 0 Å². The van der Waals surface area contributed by atoms with Gasteiger partial charge in [0, 0.05) is 5.56 Å². The van der Waals surface area contributed by atoms with E-state index in [2.05, 4.69) is 16.9 Å². The first-order valence-electron chi connectivity index (χ1n) is 11.4. The van der Waals surface area contributed by atoms with Gasteiger partial charge in [-0.25, -0.2) is 0 Å². The Bertz CT molecular complexity index is 1200. The van der Waals surface area contributed by atoms with E-state index in [9.17, 15) is 27.6 Å². The molecule has 0 spiro atoms. The zero-order chi connectivity index (χ0) is 24.5. The third-order valence-electron chi connectivity index (χ3n) is 7.54. The molecule has 35 heavy (non-hydrogen) atoms. The highest BCUT2D eigenvalue weighted by Crippen LogP contribution is 2.65. The maximum absolute atomic E-state index is 13.2. The summed E-state index contributed by atoms with van der Waals surface area (Å²) in [6.07, 6.45) is 0.547. The molecule has 4 aliphatic carbocycles. The van der Waals surface area contributed by atoms with Crippen LogP contribution in [0.3, 0.4) is 0 Å². The monoisotopic (exact) mass is 483 g/mol. The van der Waals surface area contributed by atoms with Crippen molar-refractivity contribution in [2.45, 2.75) is 12.8 Å². The third-order valence-corrected chi connectivity index (χ3v) is 7.54. The van der Waals surface area contributed by atoms with Crippen molar-refractivity contribution in [1.82, 2.24) is 0 Å². The molecule has 1 heterocycles. The van der Waals surface area contributed by atoms with E-state index >= 15 is 0 Å². The minimum atomic E-state index is -4.81. The van der Waals surface area contributed by atoms with Crippen molar-refractivity contribution in [3.8, 4) is 11.5 Å². The zero-order valence-corrected chi connectivity index (χ0v) is 18.3. The van der Waals surface area contributed by atoms with Crippen LogP contribution in [0.1, 0.15) is 16.8 Å². The Morgan fingerprint density at radius 3 is 1.94 bits per heavy atom. The van der Waals surface area contributed by atoms with E-state index in [4.69, 9.17) is 4.74 Å². The molecule has 5 aliphatic rings. The number of halogens is 3. The summed E-state index contributed by atoms with van der Waals surface area (Å²) in [4.78, 5) is 40.0. The Balaban J connectivity index is 1.09. The number of imide groups is 1. The lowest BCUT2D eigenvalue weighted by Gasteiger charge is -2.37. The number of allylic oxidation sites excluding steroid dienone is 2. The van der Waals surface area contributed by atoms with Gasteiger partial charge in [0.1, 0.15) is 11.5 Å². The molecule has 0 aromatic heterocycles. The summed E-state index contributed by atoms with van der Waals surface area (Å²) in [5.41, 5.74) is 0.648. The van der Waals surface area contributed by atoms with Crippen LogP contribution in [0.5, 0.6) is 11.5 Å². The molecule has 6 nitrogen and oxygen atoms in total. The van der Waals surface area contributed by atoms with Gasteiger partial charge in [0.05, 0.1) is 17.5 Å². The first-order valence-corrected chi connectivity index (χ1v) is 11.4. The van der Waals surface area contributed by atoms with Gasteiger partial charge in [-0.3, -0.25) is 19.3 Å². The van der Waals surface area contributed by atoms with Gasteiger partial charge in [0.25, 0.3) is 0 Å². The summed E-state index contributed by atoms with van der Waals surface area (Å²) in [6, 6.07) is 11.0. The van der Waals surface area contributed by atoms with Gasteiger partial charge in [-0.05, 0) is 78.6 Å².